The first-order valence-corrected chi connectivity index (χ1v) is 6.10. The van der Waals surface area contributed by atoms with Gasteiger partial charge in [0.1, 0.15) is 5.82 Å². The Hall–Kier alpha value is -0.280. The molecule has 0 aliphatic rings. The lowest BCUT2D eigenvalue weighted by Crippen LogP contribution is -2.39. The maximum Gasteiger partial charge on any atom is 0.129 e. The predicted molar refractivity (Wildman–Crippen MR) is 69.7 cm³/mol. The van der Waals surface area contributed by atoms with Gasteiger partial charge in [0.2, 0.25) is 0 Å². The fourth-order valence-electron chi connectivity index (χ4n) is 1.08. The summed E-state index contributed by atoms with van der Waals surface area (Å²) in [6, 6.07) is 2.03. The van der Waals surface area contributed by atoms with Crippen LogP contribution < -0.4 is 5.32 Å². The van der Waals surface area contributed by atoms with Crippen LogP contribution >= 0.6 is 27.5 Å². The zero-order chi connectivity index (χ0) is 11.6. The van der Waals surface area contributed by atoms with Gasteiger partial charge in [0.25, 0.3) is 0 Å². The van der Waals surface area contributed by atoms with Crippen LogP contribution in [0.4, 0.5) is 5.82 Å². The van der Waals surface area contributed by atoms with Gasteiger partial charge in [-0.3, -0.25) is 0 Å². The average molecular weight is 292 g/mol. The van der Waals surface area contributed by atoms with Crippen LogP contribution in [0.15, 0.2) is 16.7 Å². The summed E-state index contributed by atoms with van der Waals surface area (Å²) in [6.45, 7) is 8.12. The maximum atomic E-state index is 6.10. The molecule has 15 heavy (non-hydrogen) atoms. The van der Waals surface area contributed by atoms with Gasteiger partial charge >= 0.3 is 0 Å². The summed E-state index contributed by atoms with van der Waals surface area (Å²) in [5.74, 6) is 0.885. The number of rotatable bonds is 3. The molecule has 0 bridgehead atoms. The number of nitrogens with zero attached hydrogens (tertiary/aromatic N) is 1. The molecule has 1 aromatic heterocycles. The second-order valence-corrected chi connectivity index (χ2v) is 5.85. The molecule has 0 saturated heterocycles. The average Bonchev–Trinajstić information content (AvgIpc) is 2.09. The highest BCUT2D eigenvalue weighted by Gasteiger charge is 2.24. The molecule has 0 spiro atoms. The Bertz CT molecular complexity index is 350. The molecule has 1 aromatic rings. The fourth-order valence-corrected chi connectivity index (χ4v) is 1.58. The number of nitrogens with one attached hydrogen (secondary N) is 1. The SMILES string of the molecule is Cc1cc(Br)cnc1NC(C)(C)C(C)Cl. The zero-order valence-corrected chi connectivity index (χ0v) is 11.8. The molecule has 0 saturated carbocycles. The van der Waals surface area contributed by atoms with Crippen molar-refractivity contribution in [1.82, 2.24) is 4.98 Å². The molecule has 0 fully saturated rings. The molecular weight excluding hydrogens is 275 g/mol. The molecule has 0 aromatic carbocycles. The summed E-state index contributed by atoms with van der Waals surface area (Å²) in [5.41, 5.74) is 0.933. The monoisotopic (exact) mass is 290 g/mol. The first-order chi connectivity index (χ1) is 6.83. The summed E-state index contributed by atoms with van der Waals surface area (Å²) in [5, 5.41) is 3.38. The number of pyridine rings is 1. The molecule has 0 aliphatic heterocycles. The van der Waals surface area contributed by atoms with Crippen molar-refractivity contribution < 1.29 is 0 Å². The number of hydrogen-bond acceptors (Lipinski definition) is 2. The number of hydrogen-bond donors (Lipinski definition) is 1. The Balaban J connectivity index is 2.90. The number of anilines is 1. The molecule has 1 N–H and O–H groups in total. The van der Waals surface area contributed by atoms with E-state index in [4.69, 9.17) is 11.6 Å². The van der Waals surface area contributed by atoms with Crippen LogP contribution in [0.5, 0.6) is 0 Å². The third-order valence-corrected chi connectivity index (χ3v) is 3.46. The highest BCUT2D eigenvalue weighted by Crippen LogP contribution is 2.24. The third kappa shape index (κ3) is 3.35. The Morgan fingerprint density at radius 1 is 1.53 bits per heavy atom. The van der Waals surface area contributed by atoms with Gasteiger partial charge in [-0.25, -0.2) is 4.98 Å². The molecule has 2 nitrogen and oxygen atoms in total. The van der Waals surface area contributed by atoms with Crippen molar-refractivity contribution in [3.05, 3.63) is 22.3 Å². The second kappa shape index (κ2) is 4.71. The summed E-state index contributed by atoms with van der Waals surface area (Å²) >= 11 is 9.49. The molecule has 0 radical (unpaired) electrons. The molecular formula is C11H16BrClN2. The lowest BCUT2D eigenvalue weighted by molar-refractivity contribution is 0.552. The summed E-state index contributed by atoms with van der Waals surface area (Å²) in [7, 11) is 0. The Labute approximate surface area is 105 Å². The molecule has 0 aliphatic carbocycles. The number of aryl methyl sites for hydroxylation is 1. The Morgan fingerprint density at radius 2 is 2.13 bits per heavy atom. The predicted octanol–water partition coefficient (Wildman–Crippen LogP) is 3.97. The van der Waals surface area contributed by atoms with Crippen molar-refractivity contribution in [2.45, 2.75) is 38.6 Å². The van der Waals surface area contributed by atoms with Gasteiger partial charge in [-0.1, -0.05) is 0 Å². The zero-order valence-electron chi connectivity index (χ0n) is 9.44. The van der Waals surface area contributed by atoms with Crippen LogP contribution in [-0.2, 0) is 0 Å². The van der Waals surface area contributed by atoms with Crippen LogP contribution in [0, 0.1) is 6.92 Å². The quantitative estimate of drug-likeness (QED) is 0.852. The number of aromatic nitrogens is 1. The minimum Gasteiger partial charge on any atom is -0.364 e. The van der Waals surface area contributed by atoms with Crippen LogP contribution in [0.25, 0.3) is 0 Å². The van der Waals surface area contributed by atoms with E-state index in [-0.39, 0.29) is 10.9 Å². The van der Waals surface area contributed by atoms with Gasteiger partial charge in [-0.2, -0.15) is 0 Å². The molecule has 1 atom stereocenters. The van der Waals surface area contributed by atoms with Crippen molar-refractivity contribution in [3.8, 4) is 0 Å². The summed E-state index contributed by atoms with van der Waals surface area (Å²) in [4.78, 5) is 4.33. The van der Waals surface area contributed by atoms with Crippen LogP contribution in [0.2, 0.25) is 0 Å². The standard InChI is InChI=1S/C11H16BrClN2/c1-7-5-9(12)6-14-10(7)15-11(3,4)8(2)13/h5-6,8H,1-4H3,(H,14,15). The normalized spacial score (nSPS) is 13.7. The van der Waals surface area contributed by atoms with Crippen LogP contribution in [0.3, 0.4) is 0 Å². The smallest absolute Gasteiger partial charge is 0.129 e. The Kier molecular flexibility index (Phi) is 4.01. The Morgan fingerprint density at radius 3 is 2.60 bits per heavy atom. The second-order valence-electron chi connectivity index (χ2n) is 4.28. The van der Waals surface area contributed by atoms with Crippen molar-refractivity contribution in [2.24, 2.45) is 0 Å². The van der Waals surface area contributed by atoms with Crippen molar-refractivity contribution >= 4 is 33.3 Å². The summed E-state index contributed by atoms with van der Waals surface area (Å²) < 4.78 is 0.988. The number of alkyl halides is 1. The highest BCUT2D eigenvalue weighted by molar-refractivity contribution is 9.10. The first kappa shape index (κ1) is 12.8. The molecule has 1 heterocycles. The molecule has 1 unspecified atom stereocenters. The van der Waals surface area contributed by atoms with Crippen LogP contribution in [0.1, 0.15) is 26.3 Å². The van der Waals surface area contributed by atoms with Crippen molar-refractivity contribution in [3.63, 3.8) is 0 Å². The molecule has 84 valence electrons. The highest BCUT2D eigenvalue weighted by atomic mass is 79.9. The minimum absolute atomic E-state index is 0.0300. The van der Waals surface area contributed by atoms with E-state index < -0.39 is 0 Å². The topological polar surface area (TPSA) is 24.9 Å². The summed E-state index contributed by atoms with van der Waals surface area (Å²) in [6.07, 6.45) is 1.78. The lowest BCUT2D eigenvalue weighted by Gasteiger charge is -2.30. The molecule has 0 amide bonds. The van der Waals surface area contributed by atoms with E-state index in [0.717, 1.165) is 15.9 Å². The van der Waals surface area contributed by atoms with E-state index in [1.54, 1.807) is 6.20 Å². The third-order valence-electron chi connectivity index (χ3n) is 2.48. The first-order valence-electron chi connectivity index (χ1n) is 4.87. The van der Waals surface area contributed by atoms with E-state index in [2.05, 4.69) is 40.1 Å². The molecule has 4 heteroatoms. The van der Waals surface area contributed by atoms with E-state index in [9.17, 15) is 0 Å². The maximum absolute atomic E-state index is 6.10. The lowest BCUT2D eigenvalue weighted by atomic mass is 10.0. The van der Waals surface area contributed by atoms with Gasteiger partial charge in [0, 0.05) is 16.2 Å². The van der Waals surface area contributed by atoms with E-state index in [1.807, 2.05) is 19.9 Å². The van der Waals surface area contributed by atoms with Crippen molar-refractivity contribution in [1.29, 1.82) is 0 Å². The van der Waals surface area contributed by atoms with Crippen LogP contribution in [-0.4, -0.2) is 15.9 Å². The minimum atomic E-state index is -0.173. The van der Waals surface area contributed by atoms with Gasteiger partial charge in [0.05, 0.1) is 5.38 Å². The fraction of sp³-hybridized carbons (Fsp3) is 0.545. The van der Waals surface area contributed by atoms with Gasteiger partial charge in [-0.05, 0) is 55.3 Å². The molecule has 1 rings (SSSR count). The van der Waals surface area contributed by atoms with E-state index in [0.29, 0.717) is 0 Å². The van der Waals surface area contributed by atoms with Gasteiger partial charge in [-0.15, -0.1) is 11.6 Å². The van der Waals surface area contributed by atoms with Gasteiger partial charge in [0.15, 0.2) is 0 Å². The largest absolute Gasteiger partial charge is 0.364 e. The number of halogens is 2. The van der Waals surface area contributed by atoms with Crippen molar-refractivity contribution in [2.75, 3.05) is 5.32 Å². The van der Waals surface area contributed by atoms with Gasteiger partial charge < -0.3 is 5.32 Å². The van der Waals surface area contributed by atoms with E-state index in [1.165, 1.54) is 0 Å². The van der Waals surface area contributed by atoms with E-state index >= 15 is 0 Å².